The number of carbonyl (C=O) groups excluding carboxylic acids is 1. The van der Waals surface area contributed by atoms with Crippen LogP contribution in [0.15, 0.2) is 70.2 Å². The van der Waals surface area contributed by atoms with Gasteiger partial charge in [0.05, 0.1) is 23.8 Å². The van der Waals surface area contributed by atoms with Gasteiger partial charge < -0.3 is 14.5 Å². The number of amides is 1. The number of methoxy groups -OCH3 is 1. The fourth-order valence-electron chi connectivity index (χ4n) is 4.33. The Hall–Kier alpha value is -2.70. The van der Waals surface area contributed by atoms with Crippen LogP contribution in [-0.2, 0) is 4.79 Å². The standard InChI is InChI=1S/C25H24ClN3O2S/c1-16-23(24(30)28-13-3-4-14-28)32-25-27-21(17-7-11-20(31-2)12-8-17)15-22(29(16)25)18-5-9-19(26)10-6-18/h5-12,15,22H,3-4,13-14H2,1-2H3. The molecule has 0 bridgehead atoms. The van der Waals surface area contributed by atoms with Crippen LogP contribution in [0.4, 0.5) is 0 Å². The van der Waals surface area contributed by atoms with Gasteiger partial charge in [-0.1, -0.05) is 23.7 Å². The van der Waals surface area contributed by atoms with Gasteiger partial charge in [0.25, 0.3) is 5.91 Å². The lowest BCUT2D eigenvalue weighted by molar-refractivity contribution is -0.125. The minimum Gasteiger partial charge on any atom is -0.497 e. The first kappa shape index (κ1) is 21.2. The summed E-state index contributed by atoms with van der Waals surface area (Å²) >= 11 is 7.63. The number of halogens is 1. The van der Waals surface area contributed by atoms with Crippen LogP contribution >= 0.6 is 23.4 Å². The summed E-state index contributed by atoms with van der Waals surface area (Å²) in [5, 5.41) is 1.53. The minimum absolute atomic E-state index is 0.0757. The van der Waals surface area contributed by atoms with Gasteiger partial charge in [-0.25, -0.2) is 4.99 Å². The van der Waals surface area contributed by atoms with Crippen LogP contribution in [0, 0.1) is 0 Å². The molecule has 1 unspecified atom stereocenters. The molecule has 2 aromatic carbocycles. The maximum absolute atomic E-state index is 13.2. The summed E-state index contributed by atoms with van der Waals surface area (Å²) in [6.45, 7) is 3.69. The molecule has 0 radical (unpaired) electrons. The third kappa shape index (κ3) is 3.82. The number of likely N-dealkylation sites (tertiary alicyclic amines) is 1. The quantitative estimate of drug-likeness (QED) is 0.580. The van der Waals surface area contributed by atoms with Gasteiger partial charge in [-0.3, -0.25) is 4.79 Å². The Morgan fingerprint density at radius 2 is 1.78 bits per heavy atom. The average Bonchev–Trinajstić information content (AvgIpc) is 3.47. The number of thioether (sulfide) groups is 1. The lowest BCUT2D eigenvalue weighted by Crippen LogP contribution is -2.31. The number of rotatable bonds is 4. The molecule has 3 aliphatic heterocycles. The van der Waals surface area contributed by atoms with Crippen molar-refractivity contribution in [1.29, 1.82) is 0 Å². The van der Waals surface area contributed by atoms with Crippen molar-refractivity contribution in [3.63, 3.8) is 0 Å². The smallest absolute Gasteiger partial charge is 0.262 e. The zero-order chi connectivity index (χ0) is 22.2. The Bertz CT molecular complexity index is 1130. The predicted octanol–water partition coefficient (Wildman–Crippen LogP) is 5.70. The summed E-state index contributed by atoms with van der Waals surface area (Å²) < 4.78 is 5.30. The lowest BCUT2D eigenvalue weighted by Gasteiger charge is -2.32. The van der Waals surface area contributed by atoms with Gasteiger partial charge >= 0.3 is 0 Å². The van der Waals surface area contributed by atoms with Gasteiger partial charge in [0, 0.05) is 29.4 Å². The first-order valence-corrected chi connectivity index (χ1v) is 11.9. The highest BCUT2D eigenvalue weighted by atomic mass is 35.5. The van der Waals surface area contributed by atoms with Crippen LogP contribution in [0.3, 0.4) is 0 Å². The average molecular weight is 466 g/mol. The van der Waals surface area contributed by atoms with Crippen LogP contribution in [-0.4, -0.2) is 41.1 Å². The fourth-order valence-corrected chi connectivity index (χ4v) is 5.59. The van der Waals surface area contributed by atoms with Crippen LogP contribution < -0.4 is 4.74 Å². The molecular weight excluding hydrogens is 442 g/mol. The number of fused-ring (bicyclic) bond motifs is 1. The molecule has 1 fully saturated rings. The summed E-state index contributed by atoms with van der Waals surface area (Å²) in [5.74, 6) is 0.919. The number of aliphatic imine (C=N–C) groups is 1. The molecule has 0 aromatic heterocycles. The van der Waals surface area contributed by atoms with E-state index < -0.39 is 0 Å². The third-order valence-corrected chi connectivity index (χ3v) is 7.48. The number of nitrogens with zero attached hydrogens (tertiary/aromatic N) is 3. The van der Waals surface area contributed by atoms with E-state index in [1.807, 2.05) is 60.4 Å². The Morgan fingerprint density at radius 3 is 2.44 bits per heavy atom. The molecular formula is C25H24ClN3O2S. The molecule has 0 aliphatic carbocycles. The molecule has 7 heteroatoms. The van der Waals surface area contributed by atoms with E-state index in [0.29, 0.717) is 5.02 Å². The second-order valence-electron chi connectivity index (χ2n) is 8.06. The van der Waals surface area contributed by atoms with Crippen molar-refractivity contribution in [2.75, 3.05) is 20.2 Å². The van der Waals surface area contributed by atoms with Crippen molar-refractivity contribution >= 4 is 40.1 Å². The zero-order valence-electron chi connectivity index (χ0n) is 18.0. The highest BCUT2D eigenvalue weighted by Gasteiger charge is 2.39. The summed E-state index contributed by atoms with van der Waals surface area (Å²) in [6.07, 6.45) is 4.30. The fraction of sp³-hybridized carbons (Fsp3) is 0.280. The summed E-state index contributed by atoms with van der Waals surface area (Å²) in [6, 6.07) is 15.7. The molecule has 164 valence electrons. The van der Waals surface area contributed by atoms with Gasteiger partial charge in [0.15, 0.2) is 5.17 Å². The summed E-state index contributed by atoms with van der Waals surface area (Å²) in [4.78, 5) is 23.1. The molecule has 2 aromatic rings. The van der Waals surface area contributed by atoms with Gasteiger partial charge in [0.2, 0.25) is 0 Å². The van der Waals surface area contributed by atoms with Crippen LogP contribution in [0.2, 0.25) is 5.02 Å². The molecule has 5 nitrogen and oxygen atoms in total. The van der Waals surface area contributed by atoms with Crippen LogP contribution in [0.1, 0.15) is 36.9 Å². The molecule has 1 atom stereocenters. The number of carbonyl (C=O) groups is 1. The molecule has 32 heavy (non-hydrogen) atoms. The van der Waals surface area contributed by atoms with E-state index in [2.05, 4.69) is 11.0 Å². The Labute approximate surface area is 197 Å². The van der Waals surface area contributed by atoms with E-state index in [-0.39, 0.29) is 11.9 Å². The van der Waals surface area contributed by atoms with Gasteiger partial charge in [-0.05, 0) is 79.6 Å². The molecule has 0 spiro atoms. The first-order valence-electron chi connectivity index (χ1n) is 10.7. The number of allylic oxidation sites excluding steroid dienone is 1. The first-order chi connectivity index (χ1) is 15.5. The van der Waals surface area contributed by atoms with E-state index >= 15 is 0 Å². The highest BCUT2D eigenvalue weighted by molar-refractivity contribution is 8.18. The molecule has 3 heterocycles. The summed E-state index contributed by atoms with van der Waals surface area (Å²) in [5.41, 5.74) is 3.95. The number of ether oxygens (including phenoxy) is 1. The number of amidine groups is 1. The monoisotopic (exact) mass is 465 g/mol. The number of hydrogen-bond donors (Lipinski definition) is 0. The van der Waals surface area contributed by atoms with E-state index in [4.69, 9.17) is 21.3 Å². The van der Waals surface area contributed by atoms with Crippen molar-refractivity contribution in [2.45, 2.75) is 25.8 Å². The predicted molar refractivity (Wildman–Crippen MR) is 131 cm³/mol. The topological polar surface area (TPSA) is 45.1 Å². The normalized spacial score (nSPS) is 20.3. The Balaban J connectivity index is 1.55. The molecule has 0 saturated carbocycles. The van der Waals surface area contributed by atoms with Crippen molar-refractivity contribution in [1.82, 2.24) is 9.80 Å². The molecule has 1 amide bonds. The Kier molecular flexibility index (Phi) is 5.74. The maximum atomic E-state index is 13.2. The van der Waals surface area contributed by atoms with E-state index in [1.165, 1.54) is 11.8 Å². The third-order valence-electron chi connectivity index (χ3n) is 6.08. The van der Waals surface area contributed by atoms with Gasteiger partial charge in [-0.15, -0.1) is 0 Å². The zero-order valence-corrected chi connectivity index (χ0v) is 19.6. The molecule has 3 aliphatic rings. The second-order valence-corrected chi connectivity index (χ2v) is 9.47. The number of benzene rings is 2. The lowest BCUT2D eigenvalue weighted by atomic mass is 10.00. The van der Waals surface area contributed by atoms with E-state index in [0.717, 1.165) is 64.3 Å². The van der Waals surface area contributed by atoms with Crippen molar-refractivity contribution in [2.24, 2.45) is 4.99 Å². The second kappa shape index (κ2) is 8.68. The van der Waals surface area contributed by atoms with Crippen molar-refractivity contribution in [3.8, 4) is 5.75 Å². The maximum Gasteiger partial charge on any atom is 0.262 e. The summed E-state index contributed by atoms with van der Waals surface area (Å²) in [7, 11) is 1.66. The van der Waals surface area contributed by atoms with Crippen LogP contribution in [0.25, 0.3) is 5.70 Å². The SMILES string of the molecule is COc1ccc(C2=CC(c3ccc(Cl)cc3)N3C(=N2)SC(C(=O)N2CCCC2)=C3C)cc1. The number of hydrogen-bond acceptors (Lipinski definition) is 5. The minimum atomic E-state index is -0.0757. The Morgan fingerprint density at radius 1 is 1.09 bits per heavy atom. The molecule has 1 saturated heterocycles. The highest BCUT2D eigenvalue weighted by Crippen LogP contribution is 2.46. The van der Waals surface area contributed by atoms with Gasteiger partial charge in [-0.2, -0.15) is 0 Å². The van der Waals surface area contributed by atoms with Gasteiger partial charge in [0.1, 0.15) is 5.75 Å². The van der Waals surface area contributed by atoms with E-state index in [1.54, 1.807) is 7.11 Å². The van der Waals surface area contributed by atoms with Crippen LogP contribution in [0.5, 0.6) is 5.75 Å². The molecule has 0 N–H and O–H groups in total. The van der Waals surface area contributed by atoms with Crippen molar-refractivity contribution in [3.05, 3.63) is 81.4 Å². The molecule has 5 rings (SSSR count). The van der Waals surface area contributed by atoms with E-state index in [9.17, 15) is 4.79 Å². The largest absolute Gasteiger partial charge is 0.497 e. The van der Waals surface area contributed by atoms with Crippen molar-refractivity contribution < 1.29 is 9.53 Å².